The minimum absolute atomic E-state index is 0.0617. The highest BCUT2D eigenvalue weighted by molar-refractivity contribution is 5.84. The summed E-state index contributed by atoms with van der Waals surface area (Å²) >= 11 is 0. The monoisotopic (exact) mass is 448 g/mol. The van der Waals surface area contributed by atoms with Crippen molar-refractivity contribution < 1.29 is 29.2 Å². The van der Waals surface area contributed by atoms with E-state index in [4.69, 9.17) is 19.9 Å². The van der Waals surface area contributed by atoms with Gasteiger partial charge in [-0.2, -0.15) is 0 Å². The molecule has 2 saturated heterocycles. The number of hydrogen-bond acceptors (Lipinski definition) is 10. The summed E-state index contributed by atoms with van der Waals surface area (Å²) in [7, 11) is 0. The van der Waals surface area contributed by atoms with Crippen LogP contribution in [0, 0.1) is 0 Å². The van der Waals surface area contributed by atoms with Gasteiger partial charge in [0.15, 0.2) is 23.2 Å². The topological polar surface area (TPSA) is 167 Å². The number of aliphatic hydroxyl groups is 2. The van der Waals surface area contributed by atoms with E-state index in [1.165, 1.54) is 12.7 Å². The molecule has 0 unspecified atom stereocenters. The maximum atomic E-state index is 11.9. The number of carbonyl (C=O) groups excluding carboxylic acids is 1. The number of fused-ring (bicyclic) bond motifs is 1. The number of ether oxygens (including phenoxy) is 3. The first kappa shape index (κ1) is 21.5. The maximum absolute atomic E-state index is 11.9. The number of anilines is 1. The van der Waals surface area contributed by atoms with Gasteiger partial charge in [-0.3, -0.25) is 9.36 Å². The van der Waals surface area contributed by atoms with Crippen LogP contribution in [0.1, 0.15) is 38.3 Å². The summed E-state index contributed by atoms with van der Waals surface area (Å²) in [5.74, 6) is 0.0615. The second-order valence-electron chi connectivity index (χ2n) is 8.67. The minimum atomic E-state index is -1.23. The molecule has 12 nitrogen and oxygen atoms in total. The van der Waals surface area contributed by atoms with Crippen molar-refractivity contribution in [3.8, 4) is 0 Å². The Morgan fingerprint density at radius 2 is 2.09 bits per heavy atom. The van der Waals surface area contributed by atoms with Crippen molar-refractivity contribution in [2.75, 3.05) is 25.1 Å². The van der Waals surface area contributed by atoms with Gasteiger partial charge < -0.3 is 35.5 Å². The highest BCUT2D eigenvalue weighted by Crippen LogP contribution is 2.36. The zero-order chi connectivity index (χ0) is 22.3. The van der Waals surface area contributed by atoms with Crippen molar-refractivity contribution in [2.24, 2.45) is 5.73 Å². The number of amides is 1. The van der Waals surface area contributed by atoms with Gasteiger partial charge in [0.25, 0.3) is 0 Å². The Morgan fingerprint density at radius 1 is 1.28 bits per heavy atom. The predicted molar refractivity (Wildman–Crippen MR) is 110 cm³/mol. The molecule has 5 rings (SSSR count). The van der Waals surface area contributed by atoms with E-state index in [-0.39, 0.29) is 12.6 Å². The maximum Gasteiger partial charge on any atom is 0.249 e. The molecule has 0 bridgehead atoms. The third kappa shape index (κ3) is 3.71. The first-order chi connectivity index (χ1) is 15.5. The lowest BCUT2D eigenvalue weighted by atomic mass is 10.0. The molecule has 12 heteroatoms. The fraction of sp³-hybridized carbons (Fsp3) is 0.700. The summed E-state index contributed by atoms with van der Waals surface area (Å²) in [6, 6.07) is 0.142. The van der Waals surface area contributed by atoms with E-state index in [0.29, 0.717) is 43.0 Å². The fourth-order valence-corrected chi connectivity index (χ4v) is 4.73. The second kappa shape index (κ2) is 8.52. The van der Waals surface area contributed by atoms with E-state index in [2.05, 4.69) is 20.3 Å². The van der Waals surface area contributed by atoms with Gasteiger partial charge in [-0.1, -0.05) is 0 Å². The zero-order valence-corrected chi connectivity index (χ0v) is 17.6. The van der Waals surface area contributed by atoms with Gasteiger partial charge in [-0.25, -0.2) is 15.0 Å². The van der Waals surface area contributed by atoms with E-state index in [0.717, 1.165) is 19.3 Å². The van der Waals surface area contributed by atoms with Gasteiger partial charge in [0, 0.05) is 6.61 Å². The Kier molecular flexibility index (Phi) is 5.72. The van der Waals surface area contributed by atoms with Crippen LogP contribution in [0.15, 0.2) is 12.7 Å². The average molecular weight is 448 g/mol. The molecule has 3 fully saturated rings. The van der Waals surface area contributed by atoms with Crippen LogP contribution in [0.2, 0.25) is 0 Å². The molecule has 2 aromatic rings. The zero-order valence-electron chi connectivity index (χ0n) is 17.6. The molecule has 5 atom stereocenters. The number of aromatic nitrogens is 4. The van der Waals surface area contributed by atoms with Gasteiger partial charge in [0.05, 0.1) is 25.6 Å². The number of imidazole rings is 1. The van der Waals surface area contributed by atoms with Crippen LogP contribution in [0.5, 0.6) is 0 Å². The first-order valence-corrected chi connectivity index (χ1v) is 11.0. The van der Waals surface area contributed by atoms with E-state index >= 15 is 0 Å². The van der Waals surface area contributed by atoms with Crippen LogP contribution >= 0.6 is 0 Å². The Labute approximate surface area is 184 Å². The quantitative estimate of drug-likeness (QED) is 0.432. The van der Waals surface area contributed by atoms with Crippen LogP contribution in [0.3, 0.4) is 0 Å². The summed E-state index contributed by atoms with van der Waals surface area (Å²) in [5.41, 5.74) is 5.52. The number of primary amides is 1. The molecule has 3 aliphatic rings. The van der Waals surface area contributed by atoms with Crippen molar-refractivity contribution in [1.29, 1.82) is 0 Å². The molecule has 0 aromatic carbocycles. The van der Waals surface area contributed by atoms with Gasteiger partial charge in [0.1, 0.15) is 30.2 Å². The highest BCUT2D eigenvalue weighted by Gasteiger charge is 2.47. The summed E-state index contributed by atoms with van der Waals surface area (Å²) in [6.45, 7) is 1.23. The van der Waals surface area contributed by atoms with E-state index in [1.807, 2.05) is 0 Å². The molecule has 1 aliphatic carbocycles. The van der Waals surface area contributed by atoms with E-state index < -0.39 is 36.0 Å². The highest BCUT2D eigenvalue weighted by atomic mass is 16.6. The minimum Gasteiger partial charge on any atom is -0.387 e. The van der Waals surface area contributed by atoms with E-state index in [1.54, 1.807) is 4.57 Å². The lowest BCUT2D eigenvalue weighted by molar-refractivity contribution is -0.152. The fourth-order valence-electron chi connectivity index (χ4n) is 4.73. The molecule has 0 spiro atoms. The summed E-state index contributed by atoms with van der Waals surface area (Å²) in [4.78, 5) is 24.9. The molecular formula is C20H28N6O6. The number of aliphatic hydroxyl groups excluding tert-OH is 2. The van der Waals surface area contributed by atoms with Gasteiger partial charge in [-0.05, 0) is 32.1 Å². The molecule has 32 heavy (non-hydrogen) atoms. The third-order valence-electron chi connectivity index (χ3n) is 6.62. The molecule has 1 amide bonds. The van der Waals surface area contributed by atoms with E-state index in [9.17, 15) is 15.0 Å². The number of rotatable bonds is 7. The molecule has 2 aliphatic heterocycles. The second-order valence-corrected chi connectivity index (χ2v) is 8.67. The number of nitrogens with two attached hydrogens (primary N) is 1. The van der Waals surface area contributed by atoms with Gasteiger partial charge >= 0.3 is 0 Å². The Balaban J connectivity index is 1.33. The smallest absolute Gasteiger partial charge is 0.249 e. The molecule has 174 valence electrons. The van der Waals surface area contributed by atoms with Crippen LogP contribution in [0.25, 0.3) is 11.2 Å². The standard InChI is InChI=1S/C20H28N6O6/c21-19(29)20(4-1-2-5-20)31-8-12-14(27)15(28)18(32-12)26-10-24-13-16(22-9-23-17(13)26)25-11-3-6-30-7-11/h9-12,14-15,18,27-28H,1-8H2,(H2,21,29)(H,22,23,25)/t11-,12-,14+,15-,18-/m1/s1. The van der Waals surface area contributed by atoms with Crippen molar-refractivity contribution in [3.05, 3.63) is 12.7 Å². The van der Waals surface area contributed by atoms with Crippen molar-refractivity contribution >= 4 is 22.9 Å². The number of hydrogen-bond donors (Lipinski definition) is 4. The summed E-state index contributed by atoms with van der Waals surface area (Å²) < 4.78 is 18.8. The summed E-state index contributed by atoms with van der Waals surface area (Å²) in [5, 5.41) is 24.6. The first-order valence-electron chi connectivity index (χ1n) is 11.0. The Morgan fingerprint density at radius 3 is 2.81 bits per heavy atom. The predicted octanol–water partition coefficient (Wildman–Crippen LogP) is -0.539. The van der Waals surface area contributed by atoms with Crippen molar-refractivity contribution in [1.82, 2.24) is 19.5 Å². The SMILES string of the molecule is NC(=O)C1(OC[C@H]2O[C@@H](n3cnc4c(N[C@@H]5CCOC5)ncnc43)[C@H](O)[C@H]2O)CCCC1. The normalized spacial score (nSPS) is 32.0. The van der Waals surface area contributed by atoms with Crippen LogP contribution in [-0.4, -0.2) is 85.4 Å². The van der Waals surface area contributed by atoms with Crippen molar-refractivity contribution in [3.63, 3.8) is 0 Å². The number of nitrogens with one attached hydrogen (secondary N) is 1. The largest absolute Gasteiger partial charge is 0.387 e. The molecule has 4 heterocycles. The molecular weight excluding hydrogens is 420 g/mol. The van der Waals surface area contributed by atoms with Gasteiger partial charge in [0.2, 0.25) is 5.91 Å². The van der Waals surface area contributed by atoms with Crippen LogP contribution < -0.4 is 11.1 Å². The van der Waals surface area contributed by atoms with Crippen molar-refractivity contribution in [2.45, 2.75) is 68.3 Å². The van der Waals surface area contributed by atoms with Gasteiger partial charge in [-0.15, -0.1) is 0 Å². The lowest BCUT2D eigenvalue weighted by Gasteiger charge is -2.27. The van der Waals surface area contributed by atoms with Crippen LogP contribution in [0.4, 0.5) is 5.82 Å². The number of carbonyl (C=O) groups is 1. The molecule has 2 aromatic heterocycles. The third-order valence-corrected chi connectivity index (χ3v) is 6.62. The lowest BCUT2D eigenvalue weighted by Crippen LogP contribution is -2.46. The summed E-state index contributed by atoms with van der Waals surface area (Å²) in [6.07, 6.45) is 2.38. The molecule has 1 saturated carbocycles. The molecule has 0 radical (unpaired) electrons. The average Bonchev–Trinajstić information content (AvgIpc) is 3.57. The Hall–Kier alpha value is -2.38. The van der Waals surface area contributed by atoms with Crippen LogP contribution in [-0.2, 0) is 19.0 Å². The Bertz CT molecular complexity index is 973. The molecule has 5 N–H and O–H groups in total. The number of nitrogens with zero attached hydrogens (tertiary/aromatic N) is 4.